The minimum Gasteiger partial charge on any atom is -0.469 e. The van der Waals surface area contributed by atoms with Crippen LogP contribution in [0.3, 0.4) is 0 Å². The Morgan fingerprint density at radius 1 is 1.48 bits per heavy atom. The van der Waals surface area contributed by atoms with Crippen LogP contribution in [0, 0.1) is 10.8 Å². The SMILES string of the molecule is COC(=O)[C@H](C)CN(C(=O)c1ccc2[nH]c(=S)oc2c1)C1CC1. The molecule has 23 heavy (non-hydrogen) atoms. The van der Waals surface area contributed by atoms with Crippen molar-refractivity contribution in [3.63, 3.8) is 0 Å². The van der Waals surface area contributed by atoms with E-state index in [2.05, 4.69) is 4.98 Å². The molecule has 0 spiro atoms. The van der Waals surface area contributed by atoms with E-state index in [-0.39, 0.29) is 28.7 Å². The second kappa shape index (κ2) is 6.16. The highest BCUT2D eigenvalue weighted by atomic mass is 32.1. The van der Waals surface area contributed by atoms with Gasteiger partial charge in [-0.3, -0.25) is 9.59 Å². The Hall–Kier alpha value is -2.15. The van der Waals surface area contributed by atoms with Crippen molar-refractivity contribution in [1.29, 1.82) is 0 Å². The third-order valence-corrected chi connectivity index (χ3v) is 4.18. The molecule has 1 aromatic carbocycles. The lowest BCUT2D eigenvalue weighted by Gasteiger charge is -2.25. The van der Waals surface area contributed by atoms with Gasteiger partial charge >= 0.3 is 5.97 Å². The van der Waals surface area contributed by atoms with E-state index < -0.39 is 0 Å². The summed E-state index contributed by atoms with van der Waals surface area (Å²) in [5.74, 6) is -0.771. The van der Waals surface area contributed by atoms with Crippen molar-refractivity contribution in [2.24, 2.45) is 5.92 Å². The van der Waals surface area contributed by atoms with Gasteiger partial charge in [0.05, 0.1) is 18.5 Å². The summed E-state index contributed by atoms with van der Waals surface area (Å²) in [6, 6.07) is 5.39. The molecule has 0 unspecified atom stereocenters. The Morgan fingerprint density at radius 3 is 2.87 bits per heavy atom. The van der Waals surface area contributed by atoms with Gasteiger partial charge in [-0.05, 0) is 43.3 Å². The van der Waals surface area contributed by atoms with Crippen molar-refractivity contribution in [1.82, 2.24) is 9.88 Å². The molecule has 1 aliphatic rings. The lowest BCUT2D eigenvalue weighted by Crippen LogP contribution is -2.38. The maximum Gasteiger partial charge on any atom is 0.310 e. The van der Waals surface area contributed by atoms with E-state index in [1.165, 1.54) is 7.11 Å². The molecule has 1 heterocycles. The standard InChI is InChI=1S/C16H18N2O4S/c1-9(15(20)21-2)8-18(11-4-5-11)14(19)10-3-6-12-13(7-10)22-16(23)17-12/h3,6-7,9,11H,4-5,8H2,1-2H3,(H,17,23)/t9-/m1/s1. The molecule has 0 saturated heterocycles. The summed E-state index contributed by atoms with van der Waals surface area (Å²) in [6.07, 6.45) is 1.93. The van der Waals surface area contributed by atoms with Crippen molar-refractivity contribution in [2.45, 2.75) is 25.8 Å². The quantitative estimate of drug-likeness (QED) is 0.672. The van der Waals surface area contributed by atoms with Crippen LogP contribution in [0.4, 0.5) is 0 Å². The van der Waals surface area contributed by atoms with Gasteiger partial charge in [0.15, 0.2) is 5.58 Å². The minimum absolute atomic E-state index is 0.104. The van der Waals surface area contributed by atoms with E-state index in [9.17, 15) is 9.59 Å². The highest BCUT2D eigenvalue weighted by molar-refractivity contribution is 7.71. The molecule has 1 amide bonds. The highest BCUT2D eigenvalue weighted by Gasteiger charge is 2.35. The summed E-state index contributed by atoms with van der Waals surface area (Å²) >= 11 is 4.96. The summed E-state index contributed by atoms with van der Waals surface area (Å²) in [5.41, 5.74) is 1.84. The molecule has 2 aromatic rings. The van der Waals surface area contributed by atoms with Crippen molar-refractivity contribution < 1.29 is 18.7 Å². The van der Waals surface area contributed by atoms with Gasteiger partial charge in [-0.2, -0.15) is 0 Å². The van der Waals surface area contributed by atoms with Crippen LogP contribution < -0.4 is 0 Å². The number of carbonyl (C=O) groups excluding carboxylic acids is 2. The Bertz CT molecular complexity index is 806. The molecule has 1 saturated carbocycles. The zero-order chi connectivity index (χ0) is 16.6. The maximum absolute atomic E-state index is 12.8. The van der Waals surface area contributed by atoms with E-state index in [0.29, 0.717) is 17.7 Å². The van der Waals surface area contributed by atoms with Crippen LogP contribution >= 0.6 is 12.2 Å². The van der Waals surface area contributed by atoms with Gasteiger partial charge in [0, 0.05) is 18.2 Å². The highest BCUT2D eigenvalue weighted by Crippen LogP contribution is 2.29. The second-order valence-electron chi connectivity index (χ2n) is 5.84. The molecule has 1 atom stereocenters. The van der Waals surface area contributed by atoms with Crippen LogP contribution in [-0.4, -0.2) is 41.5 Å². The first-order valence-corrected chi connectivity index (χ1v) is 7.92. The number of aromatic amines is 1. The normalized spacial score (nSPS) is 15.4. The van der Waals surface area contributed by atoms with Crippen LogP contribution in [0.15, 0.2) is 22.6 Å². The molecule has 1 fully saturated rings. The Kier molecular flexibility index (Phi) is 4.21. The summed E-state index contributed by atoms with van der Waals surface area (Å²) in [6.45, 7) is 2.12. The fourth-order valence-corrected chi connectivity index (χ4v) is 2.80. The smallest absolute Gasteiger partial charge is 0.310 e. The monoisotopic (exact) mass is 334 g/mol. The third kappa shape index (κ3) is 3.29. The van der Waals surface area contributed by atoms with Gasteiger partial charge in [0.25, 0.3) is 10.7 Å². The minimum atomic E-state index is -0.357. The van der Waals surface area contributed by atoms with Crippen LogP contribution in [0.1, 0.15) is 30.1 Å². The van der Waals surface area contributed by atoms with Gasteiger partial charge in [0.2, 0.25) is 0 Å². The predicted octanol–water partition coefficient (Wildman–Crippen LogP) is 2.90. The average Bonchev–Trinajstić information content (AvgIpc) is 3.31. The number of fused-ring (bicyclic) bond motifs is 1. The van der Waals surface area contributed by atoms with E-state index in [4.69, 9.17) is 21.4 Å². The molecule has 7 heteroatoms. The number of nitrogens with one attached hydrogen (secondary N) is 1. The largest absolute Gasteiger partial charge is 0.469 e. The molecule has 1 aliphatic carbocycles. The summed E-state index contributed by atoms with van der Waals surface area (Å²) in [7, 11) is 1.36. The van der Waals surface area contributed by atoms with Crippen LogP contribution in [0.5, 0.6) is 0 Å². The van der Waals surface area contributed by atoms with E-state index in [1.807, 2.05) is 0 Å². The van der Waals surface area contributed by atoms with Gasteiger partial charge in [-0.1, -0.05) is 6.92 Å². The Balaban J connectivity index is 1.84. The lowest BCUT2D eigenvalue weighted by molar-refractivity contribution is -0.145. The number of carbonyl (C=O) groups is 2. The first-order chi connectivity index (χ1) is 11.0. The molecule has 3 rings (SSSR count). The number of methoxy groups -OCH3 is 1. The predicted molar refractivity (Wildman–Crippen MR) is 86.6 cm³/mol. The number of benzene rings is 1. The van der Waals surface area contributed by atoms with E-state index in [0.717, 1.165) is 18.4 Å². The van der Waals surface area contributed by atoms with Crippen molar-refractivity contribution in [2.75, 3.05) is 13.7 Å². The molecule has 6 nitrogen and oxygen atoms in total. The molecule has 0 radical (unpaired) electrons. The maximum atomic E-state index is 12.8. The first-order valence-electron chi connectivity index (χ1n) is 7.51. The number of hydrogen-bond donors (Lipinski definition) is 1. The van der Waals surface area contributed by atoms with Crippen LogP contribution in [0.25, 0.3) is 11.1 Å². The number of oxazole rings is 1. The molecule has 1 aromatic heterocycles. The fourth-order valence-electron chi connectivity index (χ4n) is 2.60. The van der Waals surface area contributed by atoms with E-state index >= 15 is 0 Å². The number of aromatic nitrogens is 1. The van der Waals surface area contributed by atoms with Crippen molar-refractivity contribution in [3.8, 4) is 0 Å². The zero-order valence-corrected chi connectivity index (χ0v) is 13.8. The molecular formula is C16H18N2O4S. The lowest BCUT2D eigenvalue weighted by atomic mass is 10.1. The molecule has 0 bridgehead atoms. The Labute approximate surface area is 138 Å². The van der Waals surface area contributed by atoms with Gasteiger partial charge in [-0.15, -0.1) is 0 Å². The third-order valence-electron chi connectivity index (χ3n) is 3.99. The second-order valence-corrected chi connectivity index (χ2v) is 6.21. The average molecular weight is 334 g/mol. The summed E-state index contributed by atoms with van der Waals surface area (Å²) in [5, 5.41) is 0. The number of H-pyrrole nitrogens is 1. The topological polar surface area (TPSA) is 75.5 Å². The van der Waals surface area contributed by atoms with Crippen molar-refractivity contribution >= 4 is 35.2 Å². The number of ether oxygens (including phenoxy) is 1. The van der Waals surface area contributed by atoms with Gasteiger partial charge in [0.1, 0.15) is 0 Å². The first kappa shape index (κ1) is 15.7. The van der Waals surface area contributed by atoms with Gasteiger partial charge in [-0.25, -0.2) is 0 Å². The molecule has 122 valence electrons. The number of amides is 1. The molecule has 1 N–H and O–H groups in total. The van der Waals surface area contributed by atoms with Crippen molar-refractivity contribution in [3.05, 3.63) is 28.6 Å². The van der Waals surface area contributed by atoms with Crippen LogP contribution in [-0.2, 0) is 9.53 Å². The number of rotatable bonds is 5. The van der Waals surface area contributed by atoms with Gasteiger partial charge < -0.3 is 19.0 Å². The van der Waals surface area contributed by atoms with Crippen LogP contribution in [0.2, 0.25) is 0 Å². The molecule has 0 aliphatic heterocycles. The summed E-state index contributed by atoms with van der Waals surface area (Å²) < 4.78 is 10.1. The summed E-state index contributed by atoms with van der Waals surface area (Å²) in [4.78, 5) is 29.4. The number of nitrogens with zero attached hydrogens (tertiary/aromatic N) is 1. The molecular weight excluding hydrogens is 316 g/mol. The number of esters is 1. The Morgan fingerprint density at radius 2 is 2.22 bits per heavy atom. The number of hydrogen-bond acceptors (Lipinski definition) is 5. The fraction of sp³-hybridized carbons (Fsp3) is 0.438. The van der Waals surface area contributed by atoms with E-state index in [1.54, 1.807) is 30.0 Å². The zero-order valence-electron chi connectivity index (χ0n) is 13.0.